The van der Waals surface area contributed by atoms with E-state index in [-0.39, 0.29) is 5.92 Å². The molecule has 2 fully saturated rings. The molecule has 1 aromatic heterocycles. The van der Waals surface area contributed by atoms with Gasteiger partial charge >= 0.3 is 0 Å². The highest BCUT2D eigenvalue weighted by molar-refractivity contribution is 7.88. The van der Waals surface area contributed by atoms with Crippen LogP contribution in [0.15, 0.2) is 0 Å². The zero-order chi connectivity index (χ0) is 16.0. The normalized spacial score (nSPS) is 25.5. The summed E-state index contributed by atoms with van der Waals surface area (Å²) in [5, 5.41) is 8.55. The van der Waals surface area contributed by atoms with Gasteiger partial charge in [-0.15, -0.1) is 5.10 Å². The second kappa shape index (κ2) is 5.82. The lowest BCUT2D eigenvalue weighted by molar-refractivity contribution is 0.0993. The number of rotatable bonds is 7. The molecule has 2 saturated carbocycles. The Kier molecular flexibility index (Phi) is 3.93. The van der Waals surface area contributed by atoms with Gasteiger partial charge < -0.3 is 4.74 Å². The molecule has 2 aliphatic carbocycles. The van der Waals surface area contributed by atoms with E-state index in [0.29, 0.717) is 31.5 Å². The first-order chi connectivity index (χ1) is 11.0. The van der Waals surface area contributed by atoms with Crippen LogP contribution in [0.3, 0.4) is 0 Å². The number of aromatic nitrogens is 3. The van der Waals surface area contributed by atoms with Crippen LogP contribution in [-0.4, -0.2) is 53.7 Å². The molecular formula is C15H24N4O3S. The van der Waals surface area contributed by atoms with Crippen molar-refractivity contribution in [2.45, 2.75) is 44.7 Å². The van der Waals surface area contributed by atoms with Crippen molar-refractivity contribution in [2.24, 2.45) is 11.8 Å². The number of fused-ring (bicyclic) bond motifs is 1. The van der Waals surface area contributed by atoms with Gasteiger partial charge in [0, 0.05) is 25.6 Å². The average molecular weight is 340 g/mol. The van der Waals surface area contributed by atoms with Crippen molar-refractivity contribution in [3.8, 4) is 0 Å². The Balaban J connectivity index is 1.54. The summed E-state index contributed by atoms with van der Waals surface area (Å²) in [6, 6.07) is 0. The van der Waals surface area contributed by atoms with Gasteiger partial charge in [0.2, 0.25) is 10.0 Å². The van der Waals surface area contributed by atoms with Crippen LogP contribution in [0.5, 0.6) is 0 Å². The zero-order valence-corrected chi connectivity index (χ0v) is 14.3. The number of sulfonamides is 1. The smallest absolute Gasteiger partial charge is 0.211 e. The van der Waals surface area contributed by atoms with Crippen molar-refractivity contribution >= 4 is 10.0 Å². The molecule has 2 heterocycles. The van der Waals surface area contributed by atoms with Gasteiger partial charge in [-0.25, -0.2) is 13.1 Å². The van der Waals surface area contributed by atoms with Crippen LogP contribution < -0.4 is 0 Å². The standard InChI is InChI=1S/C15H24N4O3S/c1-23(20,21)18-7-13(10-22-9-12-4-5-12)15-14(8-18)16-17-19(15)6-11-2-3-11/h11-13H,2-10H2,1H3. The molecule has 1 atom stereocenters. The van der Waals surface area contributed by atoms with E-state index in [2.05, 4.69) is 10.3 Å². The lowest BCUT2D eigenvalue weighted by atomic mass is 10.0. The van der Waals surface area contributed by atoms with Crippen LogP contribution >= 0.6 is 0 Å². The first kappa shape index (κ1) is 15.5. The third-order valence-corrected chi connectivity index (χ3v) is 6.17. The Morgan fingerprint density at radius 3 is 2.57 bits per heavy atom. The monoisotopic (exact) mass is 340 g/mol. The molecule has 0 aromatic carbocycles. The maximum absolute atomic E-state index is 12.0. The van der Waals surface area contributed by atoms with Crippen LogP contribution in [0.2, 0.25) is 0 Å². The maximum atomic E-state index is 12.0. The minimum Gasteiger partial charge on any atom is -0.380 e. The highest BCUT2D eigenvalue weighted by atomic mass is 32.2. The largest absolute Gasteiger partial charge is 0.380 e. The zero-order valence-electron chi connectivity index (χ0n) is 13.5. The van der Waals surface area contributed by atoms with E-state index in [9.17, 15) is 8.42 Å². The second-order valence-corrected chi connectivity index (χ2v) is 9.26. The van der Waals surface area contributed by atoms with Gasteiger partial charge in [0.25, 0.3) is 0 Å². The second-order valence-electron chi connectivity index (χ2n) is 7.28. The summed E-state index contributed by atoms with van der Waals surface area (Å²) in [6.07, 6.45) is 6.29. The van der Waals surface area contributed by atoms with Gasteiger partial charge in [-0.05, 0) is 37.5 Å². The van der Waals surface area contributed by atoms with Gasteiger partial charge in [-0.1, -0.05) is 5.21 Å². The average Bonchev–Trinajstić information content (AvgIpc) is 3.39. The molecule has 0 bridgehead atoms. The van der Waals surface area contributed by atoms with Gasteiger partial charge in [0.1, 0.15) is 5.69 Å². The van der Waals surface area contributed by atoms with Crippen molar-refractivity contribution in [3.05, 3.63) is 11.4 Å². The van der Waals surface area contributed by atoms with E-state index < -0.39 is 10.0 Å². The molecule has 23 heavy (non-hydrogen) atoms. The highest BCUT2D eigenvalue weighted by Gasteiger charge is 2.36. The molecule has 8 heteroatoms. The van der Waals surface area contributed by atoms with E-state index in [1.807, 2.05) is 4.68 Å². The molecule has 1 aliphatic heterocycles. The van der Waals surface area contributed by atoms with Crippen LogP contribution in [0.25, 0.3) is 0 Å². The van der Waals surface area contributed by atoms with Crippen LogP contribution in [-0.2, 0) is 27.8 Å². The Hall–Kier alpha value is -0.990. The lowest BCUT2D eigenvalue weighted by Crippen LogP contribution is -2.39. The summed E-state index contributed by atoms with van der Waals surface area (Å²) in [4.78, 5) is 0. The molecule has 1 aromatic rings. The predicted octanol–water partition coefficient (Wildman–Crippen LogP) is 0.973. The summed E-state index contributed by atoms with van der Waals surface area (Å²) in [5.74, 6) is 1.45. The van der Waals surface area contributed by atoms with Crippen LogP contribution in [0, 0.1) is 11.8 Å². The molecule has 1 unspecified atom stereocenters. The number of nitrogens with zero attached hydrogens (tertiary/aromatic N) is 4. The predicted molar refractivity (Wildman–Crippen MR) is 84.3 cm³/mol. The van der Waals surface area contributed by atoms with Gasteiger partial charge in [-0.3, -0.25) is 0 Å². The first-order valence-corrected chi connectivity index (χ1v) is 10.3. The summed E-state index contributed by atoms with van der Waals surface area (Å²) >= 11 is 0. The third kappa shape index (κ3) is 3.59. The fraction of sp³-hybridized carbons (Fsp3) is 0.867. The summed E-state index contributed by atoms with van der Waals surface area (Å²) in [7, 11) is -3.23. The number of hydrogen-bond acceptors (Lipinski definition) is 5. The van der Waals surface area contributed by atoms with Crippen molar-refractivity contribution in [2.75, 3.05) is 26.0 Å². The molecule has 0 N–H and O–H groups in total. The highest BCUT2D eigenvalue weighted by Crippen LogP contribution is 2.35. The summed E-state index contributed by atoms with van der Waals surface area (Å²) in [6.45, 7) is 3.04. The molecule has 0 spiro atoms. The number of hydrogen-bond donors (Lipinski definition) is 0. The van der Waals surface area contributed by atoms with Gasteiger partial charge in [0.05, 0.1) is 25.1 Å². The number of ether oxygens (including phenoxy) is 1. The van der Waals surface area contributed by atoms with Crippen molar-refractivity contribution in [3.63, 3.8) is 0 Å². The summed E-state index contributed by atoms with van der Waals surface area (Å²) in [5.41, 5.74) is 1.88. The third-order valence-electron chi connectivity index (χ3n) is 4.95. The van der Waals surface area contributed by atoms with E-state index in [4.69, 9.17) is 4.74 Å². The quantitative estimate of drug-likeness (QED) is 0.739. The van der Waals surface area contributed by atoms with E-state index in [1.165, 1.54) is 36.2 Å². The first-order valence-electron chi connectivity index (χ1n) is 8.46. The molecular weight excluding hydrogens is 316 g/mol. The van der Waals surface area contributed by atoms with Crippen molar-refractivity contribution in [1.29, 1.82) is 0 Å². The maximum Gasteiger partial charge on any atom is 0.211 e. The van der Waals surface area contributed by atoms with Gasteiger partial charge in [-0.2, -0.15) is 4.31 Å². The molecule has 0 saturated heterocycles. The van der Waals surface area contributed by atoms with Gasteiger partial charge in [0.15, 0.2) is 0 Å². The molecule has 3 aliphatic rings. The minimum atomic E-state index is -3.23. The Morgan fingerprint density at radius 1 is 1.17 bits per heavy atom. The van der Waals surface area contributed by atoms with E-state index >= 15 is 0 Å². The van der Waals surface area contributed by atoms with E-state index in [0.717, 1.165) is 24.5 Å². The molecule has 128 valence electrons. The molecule has 7 nitrogen and oxygen atoms in total. The molecule has 0 radical (unpaired) electrons. The lowest BCUT2D eigenvalue weighted by Gasteiger charge is -2.30. The Bertz CT molecular complexity index is 679. The Morgan fingerprint density at radius 2 is 1.91 bits per heavy atom. The molecule has 0 amide bonds. The molecule has 4 rings (SSSR count). The van der Waals surface area contributed by atoms with Crippen molar-refractivity contribution in [1.82, 2.24) is 19.3 Å². The van der Waals surface area contributed by atoms with Crippen LogP contribution in [0.4, 0.5) is 0 Å². The minimum absolute atomic E-state index is 0.0287. The van der Waals surface area contributed by atoms with Crippen molar-refractivity contribution < 1.29 is 13.2 Å². The fourth-order valence-corrected chi connectivity index (χ4v) is 4.01. The van der Waals surface area contributed by atoms with Crippen LogP contribution in [0.1, 0.15) is 43.0 Å². The topological polar surface area (TPSA) is 77.3 Å². The fourth-order valence-electron chi connectivity index (χ4n) is 3.20. The summed E-state index contributed by atoms with van der Waals surface area (Å²) < 4.78 is 33.3. The SMILES string of the molecule is CS(=O)(=O)N1Cc2nnn(CC3CC3)c2C(COCC2CC2)C1. The Labute approximate surface area is 137 Å². The van der Waals surface area contributed by atoms with E-state index in [1.54, 1.807) is 0 Å².